The van der Waals surface area contributed by atoms with Gasteiger partial charge < -0.3 is 20.5 Å². The molecule has 0 saturated heterocycles. The Hall–Kier alpha value is -4.62. The summed E-state index contributed by atoms with van der Waals surface area (Å²) in [6.07, 6.45) is 2.53. The van der Waals surface area contributed by atoms with Crippen molar-refractivity contribution < 1.29 is 23.1 Å². The highest BCUT2D eigenvalue weighted by atomic mass is 32.2. The Morgan fingerprint density at radius 1 is 1.00 bits per heavy atom. The highest BCUT2D eigenvalue weighted by Gasteiger charge is 2.32. The van der Waals surface area contributed by atoms with E-state index >= 15 is 0 Å². The van der Waals surface area contributed by atoms with Crippen LogP contribution in [0, 0.1) is 12.8 Å². The minimum Gasteiger partial charge on any atom is -0.497 e. The molecule has 5 aromatic rings. The van der Waals surface area contributed by atoms with Gasteiger partial charge in [-0.3, -0.25) is 9.78 Å². The number of rotatable bonds is 15. The molecule has 0 aliphatic carbocycles. The smallest absolute Gasteiger partial charge is 0.251 e. The fraction of sp³-hybridized carbons (Fsp3) is 0.270. The van der Waals surface area contributed by atoms with E-state index in [1.807, 2.05) is 80.7 Å². The van der Waals surface area contributed by atoms with Gasteiger partial charge in [0, 0.05) is 47.7 Å². The molecule has 0 radical (unpaired) electrons. The van der Waals surface area contributed by atoms with E-state index in [2.05, 4.69) is 20.6 Å². The molecule has 49 heavy (non-hydrogen) atoms. The van der Waals surface area contributed by atoms with Gasteiger partial charge in [-0.1, -0.05) is 50.2 Å². The zero-order chi connectivity index (χ0) is 35.0. The van der Waals surface area contributed by atoms with Crippen LogP contribution >= 0.6 is 11.3 Å². The van der Waals surface area contributed by atoms with Gasteiger partial charge in [-0.15, -0.1) is 11.3 Å². The van der Waals surface area contributed by atoms with Crippen molar-refractivity contribution >= 4 is 38.1 Å². The van der Waals surface area contributed by atoms with Gasteiger partial charge in [0.05, 0.1) is 29.8 Å². The Morgan fingerprint density at radius 3 is 2.43 bits per heavy atom. The van der Waals surface area contributed by atoms with Crippen LogP contribution in [0.3, 0.4) is 0 Å². The Balaban J connectivity index is 1.37. The molecule has 0 spiro atoms. The van der Waals surface area contributed by atoms with E-state index in [4.69, 9.17) is 4.74 Å². The van der Waals surface area contributed by atoms with E-state index in [0.717, 1.165) is 22.4 Å². The number of thiazole rings is 1. The van der Waals surface area contributed by atoms with E-state index in [0.29, 0.717) is 28.6 Å². The number of aliphatic hydroxyl groups is 1. The number of carbonyl (C=O) groups excluding carboxylic acids is 1. The summed E-state index contributed by atoms with van der Waals surface area (Å²) in [6.45, 7) is 5.65. The third kappa shape index (κ3) is 9.30. The molecule has 0 aliphatic rings. The summed E-state index contributed by atoms with van der Waals surface area (Å²) in [4.78, 5) is 22.8. The number of nitrogens with one attached hydrogen (secondary N) is 2. The molecular formula is C37H41N5O5S2. The number of ether oxygens (including phenoxy) is 1. The number of methoxy groups -OCH3 is 1. The lowest BCUT2D eigenvalue weighted by Gasteiger charge is -2.31. The van der Waals surface area contributed by atoms with Gasteiger partial charge in [0.15, 0.2) is 5.13 Å². The first-order valence-corrected chi connectivity index (χ1v) is 18.3. The van der Waals surface area contributed by atoms with Gasteiger partial charge >= 0.3 is 0 Å². The predicted octanol–water partition coefficient (Wildman–Crippen LogP) is 6.31. The maximum atomic E-state index is 13.9. The van der Waals surface area contributed by atoms with E-state index in [9.17, 15) is 18.3 Å². The summed E-state index contributed by atoms with van der Waals surface area (Å²) in [5.74, 6) is 0.138. The topological polar surface area (TPSA) is 134 Å². The monoisotopic (exact) mass is 699 g/mol. The molecule has 2 atom stereocenters. The van der Waals surface area contributed by atoms with Crippen LogP contribution in [-0.2, 0) is 16.4 Å². The van der Waals surface area contributed by atoms with Crippen LogP contribution in [-0.4, -0.2) is 66.0 Å². The zero-order valence-corrected chi connectivity index (χ0v) is 29.5. The molecule has 0 saturated carbocycles. The van der Waals surface area contributed by atoms with Gasteiger partial charge in [0.25, 0.3) is 5.91 Å². The van der Waals surface area contributed by atoms with E-state index in [-0.39, 0.29) is 29.8 Å². The van der Waals surface area contributed by atoms with Crippen molar-refractivity contribution in [1.82, 2.24) is 19.6 Å². The molecule has 0 bridgehead atoms. The van der Waals surface area contributed by atoms with Crippen LogP contribution in [0.5, 0.6) is 5.75 Å². The van der Waals surface area contributed by atoms with Crippen LogP contribution in [0.15, 0.2) is 108 Å². The van der Waals surface area contributed by atoms with E-state index in [1.165, 1.54) is 34.9 Å². The summed E-state index contributed by atoms with van der Waals surface area (Å²) in [6, 6.07) is 24.1. The molecule has 0 unspecified atom stereocenters. The van der Waals surface area contributed by atoms with Crippen molar-refractivity contribution in [3.63, 3.8) is 0 Å². The number of hydrogen-bond acceptors (Lipinski definition) is 9. The highest BCUT2D eigenvalue weighted by Crippen LogP contribution is 2.28. The molecule has 2 aromatic heterocycles. The van der Waals surface area contributed by atoms with Crippen molar-refractivity contribution in [3.05, 3.63) is 119 Å². The molecule has 5 rings (SSSR count). The van der Waals surface area contributed by atoms with Gasteiger partial charge in [0.1, 0.15) is 5.75 Å². The second-order valence-electron chi connectivity index (χ2n) is 12.2. The number of hydrogen-bond donors (Lipinski definition) is 3. The Morgan fingerprint density at radius 2 is 1.76 bits per heavy atom. The number of benzene rings is 3. The summed E-state index contributed by atoms with van der Waals surface area (Å²) in [7, 11) is -2.46. The summed E-state index contributed by atoms with van der Waals surface area (Å²) in [5.41, 5.74) is 4.43. The molecule has 1 amide bonds. The van der Waals surface area contributed by atoms with E-state index in [1.54, 1.807) is 30.6 Å². The minimum atomic E-state index is -3.97. The molecular weight excluding hydrogens is 659 g/mol. The average molecular weight is 700 g/mol. The Kier molecular flexibility index (Phi) is 11.8. The fourth-order valence-corrected chi connectivity index (χ4v) is 7.72. The van der Waals surface area contributed by atoms with Crippen LogP contribution in [0.4, 0.5) is 10.8 Å². The number of aryl methyl sites for hydroxylation is 1. The largest absolute Gasteiger partial charge is 0.497 e. The third-order valence-corrected chi connectivity index (χ3v) is 10.5. The molecule has 3 aromatic carbocycles. The summed E-state index contributed by atoms with van der Waals surface area (Å²) < 4.78 is 34.1. The number of nitrogens with zero attached hydrogens (tertiary/aromatic N) is 3. The maximum absolute atomic E-state index is 13.9. The van der Waals surface area contributed by atoms with Crippen molar-refractivity contribution in [2.75, 3.05) is 25.5 Å². The third-order valence-electron chi connectivity index (χ3n) is 7.93. The minimum absolute atomic E-state index is 0.0152. The number of anilines is 2. The molecule has 0 aliphatic heterocycles. The predicted molar refractivity (Wildman–Crippen MR) is 194 cm³/mol. The molecule has 3 N–H and O–H groups in total. The number of aliphatic hydroxyl groups excluding tert-OH is 1. The number of amides is 1. The first kappa shape index (κ1) is 35.7. The van der Waals surface area contributed by atoms with Crippen LogP contribution in [0.2, 0.25) is 0 Å². The van der Waals surface area contributed by atoms with Crippen LogP contribution in [0.25, 0.3) is 11.3 Å². The lowest BCUT2D eigenvalue weighted by molar-refractivity contribution is 0.0775. The lowest BCUT2D eigenvalue weighted by Crippen LogP contribution is -2.51. The second kappa shape index (κ2) is 16.2. The standard InChI is InChI=1S/C37H41N5O5S2/c1-25(2)22-42(49(45,46)31-16-14-30(47-4)15-17-31)23-35(43)33(19-27-9-6-5-7-10-27)40-36(44)32-20-29(13-12-26(32)3)39-37-41-34(24-48-37)28-11-8-18-38-21-28/h5-18,20-21,24-25,33,35,43H,19,22-23H2,1-4H3,(H,39,41)(H,40,44)/t33-,35+/m0/s1. The first-order chi connectivity index (χ1) is 23.5. The molecule has 10 nitrogen and oxygen atoms in total. The average Bonchev–Trinajstić information content (AvgIpc) is 3.57. The van der Waals surface area contributed by atoms with Gasteiger partial charge in [0.2, 0.25) is 10.0 Å². The van der Waals surface area contributed by atoms with Crippen molar-refractivity contribution in [3.8, 4) is 17.0 Å². The zero-order valence-electron chi connectivity index (χ0n) is 27.9. The number of aromatic nitrogens is 2. The molecule has 2 heterocycles. The highest BCUT2D eigenvalue weighted by molar-refractivity contribution is 7.89. The second-order valence-corrected chi connectivity index (χ2v) is 15.0. The van der Waals surface area contributed by atoms with Crippen molar-refractivity contribution in [1.29, 1.82) is 0 Å². The summed E-state index contributed by atoms with van der Waals surface area (Å²) >= 11 is 1.44. The normalized spacial score (nSPS) is 12.9. The lowest BCUT2D eigenvalue weighted by atomic mass is 9.99. The SMILES string of the molecule is COc1ccc(S(=O)(=O)N(CC(C)C)C[C@@H](O)[C@H](Cc2ccccc2)NC(=O)c2cc(Nc3nc(-c4cccnc4)cs3)ccc2C)cc1. The Bertz CT molecular complexity index is 1940. The quantitative estimate of drug-likeness (QED) is 0.116. The maximum Gasteiger partial charge on any atom is 0.251 e. The Labute approximate surface area is 291 Å². The molecule has 12 heteroatoms. The molecule has 0 fully saturated rings. The first-order valence-electron chi connectivity index (χ1n) is 15.9. The van der Waals surface area contributed by atoms with Crippen LogP contribution in [0.1, 0.15) is 35.3 Å². The van der Waals surface area contributed by atoms with Gasteiger partial charge in [-0.25, -0.2) is 13.4 Å². The van der Waals surface area contributed by atoms with Gasteiger partial charge in [-0.05, 0) is 78.9 Å². The summed E-state index contributed by atoms with van der Waals surface area (Å²) in [5, 5.41) is 20.6. The fourth-order valence-electron chi connectivity index (χ4n) is 5.35. The molecule has 256 valence electrons. The number of pyridine rings is 1. The van der Waals surface area contributed by atoms with E-state index < -0.39 is 22.2 Å². The number of sulfonamides is 1. The van der Waals surface area contributed by atoms with Crippen molar-refractivity contribution in [2.24, 2.45) is 5.92 Å². The van der Waals surface area contributed by atoms with Gasteiger partial charge in [-0.2, -0.15) is 4.31 Å². The number of carbonyl (C=O) groups is 1. The van der Waals surface area contributed by atoms with Crippen LogP contribution < -0.4 is 15.4 Å². The van der Waals surface area contributed by atoms with Crippen molar-refractivity contribution in [2.45, 2.75) is 44.2 Å².